The monoisotopic (exact) mass is 344 g/mol. The molecule has 0 aromatic heterocycles. The maximum Gasteiger partial charge on any atom is 0.161 e. The van der Waals surface area contributed by atoms with Crippen LogP contribution in [0.3, 0.4) is 0 Å². The van der Waals surface area contributed by atoms with Gasteiger partial charge in [-0.25, -0.2) is 0 Å². The number of methoxy groups -OCH3 is 2. The molecule has 0 amide bonds. The van der Waals surface area contributed by atoms with E-state index >= 15 is 0 Å². The van der Waals surface area contributed by atoms with E-state index < -0.39 is 0 Å². The Morgan fingerprint density at radius 2 is 1.76 bits per heavy atom. The summed E-state index contributed by atoms with van der Waals surface area (Å²) in [6, 6.07) is 7.23. The molecule has 0 bridgehead atoms. The highest BCUT2D eigenvalue weighted by molar-refractivity contribution is 5.46. The quantitative estimate of drug-likeness (QED) is 0.840. The summed E-state index contributed by atoms with van der Waals surface area (Å²) >= 11 is 0. The summed E-state index contributed by atoms with van der Waals surface area (Å²) in [6.07, 6.45) is 7.88. The second-order valence-electron chi connectivity index (χ2n) is 8.43. The Bertz CT molecular complexity index is 649. The molecular weight excluding hydrogens is 312 g/mol. The van der Waals surface area contributed by atoms with Crippen LogP contribution in [-0.2, 0) is 5.41 Å². The Labute approximate surface area is 152 Å². The van der Waals surface area contributed by atoms with Gasteiger partial charge in [0.1, 0.15) is 0 Å². The van der Waals surface area contributed by atoms with E-state index in [0.717, 1.165) is 11.5 Å². The SMILES string of the molecule is COc1ccc(C23CCN(C)C2CC2(CCCN2C)CC3)cc1OC. The highest BCUT2D eigenvalue weighted by Gasteiger charge is 2.56. The molecule has 2 aliphatic heterocycles. The topological polar surface area (TPSA) is 24.9 Å². The minimum absolute atomic E-state index is 0.267. The van der Waals surface area contributed by atoms with Crippen molar-refractivity contribution in [2.75, 3.05) is 41.4 Å². The molecule has 3 fully saturated rings. The Balaban J connectivity index is 1.71. The van der Waals surface area contributed by atoms with Crippen molar-refractivity contribution in [3.05, 3.63) is 23.8 Å². The van der Waals surface area contributed by atoms with E-state index in [1.54, 1.807) is 14.2 Å². The first kappa shape index (κ1) is 17.2. The highest BCUT2D eigenvalue weighted by Crippen LogP contribution is 2.55. The van der Waals surface area contributed by atoms with Gasteiger partial charge >= 0.3 is 0 Å². The predicted molar refractivity (Wildman–Crippen MR) is 101 cm³/mol. The lowest BCUT2D eigenvalue weighted by atomic mass is 9.60. The Morgan fingerprint density at radius 1 is 0.960 bits per heavy atom. The molecular formula is C21H32N2O2. The van der Waals surface area contributed by atoms with Crippen molar-refractivity contribution < 1.29 is 9.47 Å². The third-order valence-corrected chi connectivity index (χ3v) is 7.59. The Kier molecular flexibility index (Phi) is 4.24. The lowest BCUT2D eigenvalue weighted by Crippen LogP contribution is -2.56. The summed E-state index contributed by atoms with van der Waals surface area (Å²) in [4.78, 5) is 5.27. The smallest absolute Gasteiger partial charge is 0.161 e. The van der Waals surface area contributed by atoms with Crippen molar-refractivity contribution in [3.63, 3.8) is 0 Å². The largest absolute Gasteiger partial charge is 0.493 e. The number of likely N-dealkylation sites (N-methyl/N-ethyl adjacent to an activating group) is 1. The van der Waals surface area contributed by atoms with Crippen molar-refractivity contribution in [2.24, 2.45) is 0 Å². The van der Waals surface area contributed by atoms with Gasteiger partial charge in [0.25, 0.3) is 0 Å². The molecule has 25 heavy (non-hydrogen) atoms. The molecule has 138 valence electrons. The summed E-state index contributed by atoms with van der Waals surface area (Å²) < 4.78 is 11.1. The molecule has 4 rings (SSSR count). The lowest BCUT2D eigenvalue weighted by molar-refractivity contribution is 0.0439. The second kappa shape index (κ2) is 6.17. The number of benzene rings is 1. The van der Waals surface area contributed by atoms with E-state index in [4.69, 9.17) is 9.47 Å². The van der Waals surface area contributed by atoms with Crippen LogP contribution in [0.1, 0.15) is 44.1 Å². The molecule has 3 unspecified atom stereocenters. The normalized spacial score (nSPS) is 35.9. The van der Waals surface area contributed by atoms with Gasteiger partial charge in [0.15, 0.2) is 11.5 Å². The number of ether oxygens (including phenoxy) is 2. The average molecular weight is 344 g/mol. The van der Waals surface area contributed by atoms with Crippen LogP contribution in [0.5, 0.6) is 11.5 Å². The highest BCUT2D eigenvalue weighted by atomic mass is 16.5. The number of hydrogen-bond donors (Lipinski definition) is 0. The molecule has 1 saturated carbocycles. The number of nitrogens with zero attached hydrogens (tertiary/aromatic N) is 2. The molecule has 4 heteroatoms. The number of hydrogen-bond acceptors (Lipinski definition) is 4. The van der Waals surface area contributed by atoms with Gasteiger partial charge in [0, 0.05) is 17.0 Å². The van der Waals surface area contributed by atoms with E-state index in [1.807, 2.05) is 0 Å². The van der Waals surface area contributed by atoms with Crippen molar-refractivity contribution >= 4 is 0 Å². The van der Waals surface area contributed by atoms with Crippen LogP contribution >= 0.6 is 0 Å². The van der Waals surface area contributed by atoms with Crippen LogP contribution in [0.25, 0.3) is 0 Å². The van der Waals surface area contributed by atoms with Crippen LogP contribution in [0.4, 0.5) is 0 Å². The summed E-state index contributed by atoms with van der Waals surface area (Å²) in [5.41, 5.74) is 2.14. The standard InChI is InChI=1S/C21H32N2O2/c1-22-13-11-21(16-6-7-17(24-3)18(14-16)25-4)10-9-20(15-19(21)22)8-5-12-23(20)2/h6-7,14,19H,5,8-13,15H2,1-4H3. The van der Waals surface area contributed by atoms with Gasteiger partial charge in [0.05, 0.1) is 14.2 Å². The van der Waals surface area contributed by atoms with Crippen LogP contribution < -0.4 is 9.47 Å². The summed E-state index contributed by atoms with van der Waals surface area (Å²) in [5, 5.41) is 0. The average Bonchev–Trinajstić information content (AvgIpc) is 3.16. The number of likely N-dealkylation sites (tertiary alicyclic amines) is 2. The van der Waals surface area contributed by atoms with Gasteiger partial charge in [-0.2, -0.15) is 0 Å². The molecule has 1 aliphatic carbocycles. The molecule has 2 heterocycles. The van der Waals surface area contributed by atoms with E-state index in [-0.39, 0.29) is 5.41 Å². The molecule has 3 aliphatic rings. The summed E-state index contributed by atoms with van der Waals surface area (Å²) in [7, 11) is 8.11. The van der Waals surface area contributed by atoms with E-state index in [2.05, 4.69) is 42.1 Å². The minimum Gasteiger partial charge on any atom is -0.493 e. The fraction of sp³-hybridized carbons (Fsp3) is 0.714. The maximum absolute atomic E-state index is 5.60. The zero-order valence-corrected chi connectivity index (χ0v) is 16.2. The molecule has 4 nitrogen and oxygen atoms in total. The minimum atomic E-state index is 0.267. The van der Waals surface area contributed by atoms with Crippen molar-refractivity contribution in [2.45, 2.75) is 55.5 Å². The first-order valence-corrected chi connectivity index (χ1v) is 9.69. The van der Waals surface area contributed by atoms with Crippen LogP contribution in [0.15, 0.2) is 18.2 Å². The van der Waals surface area contributed by atoms with Crippen molar-refractivity contribution in [1.29, 1.82) is 0 Å². The first-order valence-electron chi connectivity index (χ1n) is 9.69. The zero-order valence-electron chi connectivity index (χ0n) is 16.2. The van der Waals surface area contributed by atoms with Gasteiger partial charge in [-0.1, -0.05) is 6.07 Å². The zero-order chi connectivity index (χ0) is 17.7. The summed E-state index contributed by atoms with van der Waals surface area (Å²) in [5.74, 6) is 1.69. The molecule has 1 spiro atoms. The fourth-order valence-electron chi connectivity index (χ4n) is 5.95. The second-order valence-corrected chi connectivity index (χ2v) is 8.43. The molecule has 3 atom stereocenters. The lowest BCUT2D eigenvalue weighted by Gasteiger charge is -2.51. The van der Waals surface area contributed by atoms with Crippen LogP contribution in [-0.4, -0.2) is 62.8 Å². The van der Waals surface area contributed by atoms with Gasteiger partial charge < -0.3 is 19.3 Å². The van der Waals surface area contributed by atoms with Crippen molar-refractivity contribution in [1.82, 2.24) is 9.80 Å². The molecule has 1 aromatic rings. The fourth-order valence-corrected chi connectivity index (χ4v) is 5.95. The van der Waals surface area contributed by atoms with E-state index in [0.29, 0.717) is 11.6 Å². The maximum atomic E-state index is 5.60. The molecule has 0 radical (unpaired) electrons. The number of fused-ring (bicyclic) bond motifs is 1. The Morgan fingerprint density at radius 3 is 2.44 bits per heavy atom. The molecule has 1 aromatic carbocycles. The van der Waals surface area contributed by atoms with Gasteiger partial charge in [-0.05, 0) is 83.4 Å². The third-order valence-electron chi connectivity index (χ3n) is 7.59. The molecule has 0 N–H and O–H groups in total. The predicted octanol–water partition coefficient (Wildman–Crippen LogP) is 3.29. The first-order chi connectivity index (χ1) is 12.0. The van der Waals surface area contributed by atoms with Crippen LogP contribution in [0, 0.1) is 0 Å². The van der Waals surface area contributed by atoms with Crippen LogP contribution in [0.2, 0.25) is 0 Å². The Hall–Kier alpha value is -1.26. The molecule has 2 saturated heterocycles. The van der Waals surface area contributed by atoms with Gasteiger partial charge in [-0.3, -0.25) is 0 Å². The summed E-state index contributed by atoms with van der Waals surface area (Å²) in [6.45, 7) is 2.46. The van der Waals surface area contributed by atoms with E-state index in [9.17, 15) is 0 Å². The van der Waals surface area contributed by atoms with Gasteiger partial charge in [-0.15, -0.1) is 0 Å². The third kappa shape index (κ3) is 2.48. The number of rotatable bonds is 3. The van der Waals surface area contributed by atoms with Crippen molar-refractivity contribution in [3.8, 4) is 11.5 Å². The van der Waals surface area contributed by atoms with Gasteiger partial charge in [0.2, 0.25) is 0 Å². The van der Waals surface area contributed by atoms with E-state index in [1.165, 1.54) is 57.2 Å².